The van der Waals surface area contributed by atoms with Crippen LogP contribution in [0.2, 0.25) is 18.1 Å². The van der Waals surface area contributed by atoms with Crippen LogP contribution in [0.15, 0.2) is 108 Å². The number of nitrogens with one attached hydrogen (secondary N) is 3. The molecule has 2 aliphatic carbocycles. The van der Waals surface area contributed by atoms with E-state index in [9.17, 15) is 19.5 Å². The van der Waals surface area contributed by atoms with Crippen LogP contribution in [0.5, 0.6) is 5.75 Å². The SMILES string of the molecule is CC(C)(C)[Si](C)(C)O[C@@H](CNCCN(C(=O)CCOCCc1ccc(CCN2C[C@H]3C[C@@H](OC(=O)Nc4ccccc4-c4ccccc4)C[C@H]3C2)cc1)C1CCCC1)c1ccc(O)c2[nH]c(=O)ccc12. The van der Waals surface area contributed by atoms with Gasteiger partial charge in [0.15, 0.2) is 8.32 Å². The van der Waals surface area contributed by atoms with Crippen molar-refractivity contribution in [2.75, 3.05) is 57.8 Å². The van der Waals surface area contributed by atoms with Crippen molar-refractivity contribution in [3.05, 3.63) is 130 Å². The van der Waals surface area contributed by atoms with E-state index in [0.29, 0.717) is 56.6 Å². The van der Waals surface area contributed by atoms with Gasteiger partial charge in [-0.3, -0.25) is 14.9 Å². The number of aromatic amines is 1. The van der Waals surface area contributed by atoms with Crippen LogP contribution >= 0.6 is 0 Å². The van der Waals surface area contributed by atoms with Crippen LogP contribution in [0.4, 0.5) is 10.5 Å². The molecule has 12 nitrogen and oxygen atoms in total. The van der Waals surface area contributed by atoms with Crippen molar-refractivity contribution in [1.82, 2.24) is 20.1 Å². The maximum atomic E-state index is 13.7. The standard InChI is InChI=1S/C57H75N5O7Si/c1-57(2,3)70(4,5)69-52(48-23-25-51(63)55-49(48)24-26-53(64)60-55)37-58-30-32-62(45-15-9-10-16-45)54(65)29-34-67-33-28-41-21-19-40(20-22-41)27-31-61-38-43-35-46(36-44(43)39-61)68-56(66)59-50-18-12-11-17-47(50)42-13-7-6-8-14-42/h6-8,11-14,17-26,43-46,52,58,63H,9-10,15-16,27-39H2,1-5H3,(H,59,66)(H,60,64)/t43-,44+,46-,52-/m0/s1. The molecule has 2 amide bonds. The number of amides is 2. The highest BCUT2D eigenvalue weighted by Crippen LogP contribution is 2.42. The summed E-state index contributed by atoms with van der Waals surface area (Å²) in [6, 6.07) is 33.8. The van der Waals surface area contributed by atoms with Crippen molar-refractivity contribution in [3.63, 3.8) is 0 Å². The van der Waals surface area contributed by atoms with Gasteiger partial charge in [-0.25, -0.2) is 4.79 Å². The lowest BCUT2D eigenvalue weighted by Gasteiger charge is -2.40. The number of rotatable bonds is 21. The average Bonchev–Trinajstić information content (AvgIpc) is 4.09. The first-order valence-electron chi connectivity index (χ1n) is 25.7. The number of benzene rings is 4. The van der Waals surface area contributed by atoms with Crippen molar-refractivity contribution >= 4 is 36.9 Å². The molecular weight excluding hydrogens is 895 g/mol. The number of nitrogens with zero attached hydrogens (tertiary/aromatic N) is 2. The van der Waals surface area contributed by atoms with E-state index in [0.717, 1.165) is 98.8 Å². The zero-order valence-corrected chi connectivity index (χ0v) is 43.0. The normalized spacial score (nSPS) is 19.1. The lowest BCUT2D eigenvalue weighted by molar-refractivity contribution is -0.134. The molecule has 1 aromatic heterocycles. The number of phenolic OH excluding ortho intramolecular Hbond substituents is 1. The Balaban J connectivity index is 0.736. The number of H-pyrrole nitrogens is 1. The van der Waals surface area contributed by atoms with Gasteiger partial charge in [0.2, 0.25) is 11.5 Å². The van der Waals surface area contributed by atoms with E-state index in [2.05, 4.69) is 83.5 Å². The van der Waals surface area contributed by atoms with Gasteiger partial charge in [-0.05, 0) is 109 Å². The minimum Gasteiger partial charge on any atom is -0.506 e. The molecule has 4 aromatic carbocycles. The summed E-state index contributed by atoms with van der Waals surface area (Å²) < 4.78 is 19.0. The summed E-state index contributed by atoms with van der Waals surface area (Å²) in [5, 5.41) is 18.0. The Bertz CT molecular complexity index is 2560. The minimum absolute atomic E-state index is 0.0223. The zero-order chi connectivity index (χ0) is 49.3. The van der Waals surface area contributed by atoms with Gasteiger partial charge in [-0.1, -0.05) is 112 Å². The maximum absolute atomic E-state index is 13.7. The van der Waals surface area contributed by atoms with Crippen LogP contribution in [0.25, 0.3) is 22.0 Å². The van der Waals surface area contributed by atoms with Gasteiger partial charge in [0.05, 0.1) is 36.9 Å². The van der Waals surface area contributed by atoms with Crippen molar-refractivity contribution in [2.45, 2.75) is 115 Å². The topological polar surface area (TPSA) is 145 Å². The van der Waals surface area contributed by atoms with Crippen LogP contribution in [0, 0.1) is 11.8 Å². The highest BCUT2D eigenvalue weighted by Gasteiger charge is 2.42. The monoisotopic (exact) mass is 970 g/mol. The minimum atomic E-state index is -2.23. The van der Waals surface area contributed by atoms with E-state index in [1.165, 1.54) is 17.2 Å². The van der Waals surface area contributed by atoms with Crippen LogP contribution in [-0.4, -0.2) is 105 Å². The summed E-state index contributed by atoms with van der Waals surface area (Å²) in [6.07, 6.45) is 7.58. The Labute approximate surface area is 415 Å². The second kappa shape index (κ2) is 23.3. The maximum Gasteiger partial charge on any atom is 0.411 e. The molecule has 1 aliphatic heterocycles. The Morgan fingerprint density at radius 1 is 0.857 bits per heavy atom. The number of aromatic hydroxyl groups is 1. The first-order chi connectivity index (χ1) is 33.7. The van der Waals surface area contributed by atoms with E-state index >= 15 is 0 Å². The lowest BCUT2D eigenvalue weighted by Crippen LogP contribution is -2.45. The molecule has 1 saturated heterocycles. The predicted molar refractivity (Wildman–Crippen MR) is 282 cm³/mol. The number of phenols is 1. The first kappa shape index (κ1) is 51.1. The summed E-state index contributed by atoms with van der Waals surface area (Å²) in [5.74, 6) is 1.28. The number of fused-ring (bicyclic) bond motifs is 2. The Morgan fingerprint density at radius 2 is 1.54 bits per heavy atom. The molecule has 8 rings (SSSR count). The quantitative estimate of drug-likeness (QED) is 0.0417. The molecule has 2 saturated carbocycles. The predicted octanol–water partition coefficient (Wildman–Crippen LogP) is 10.5. The van der Waals surface area contributed by atoms with Crippen LogP contribution in [0.3, 0.4) is 0 Å². The van der Waals surface area contributed by atoms with Gasteiger partial charge in [-0.15, -0.1) is 0 Å². The number of carbonyl (C=O) groups excluding carboxylic acids is 2. The number of aromatic nitrogens is 1. The van der Waals surface area contributed by atoms with Crippen LogP contribution in [0.1, 0.15) is 88.5 Å². The van der Waals surface area contributed by atoms with Gasteiger partial charge < -0.3 is 39.1 Å². The van der Waals surface area contributed by atoms with Crippen LogP contribution < -0.4 is 16.2 Å². The largest absolute Gasteiger partial charge is 0.506 e. The molecule has 5 aromatic rings. The number of anilines is 1. The number of carbonyl (C=O) groups is 2. The van der Waals surface area contributed by atoms with Gasteiger partial charge in [0.1, 0.15) is 11.9 Å². The second-order valence-corrected chi connectivity index (χ2v) is 26.1. The molecule has 0 spiro atoms. The summed E-state index contributed by atoms with van der Waals surface area (Å²) >= 11 is 0. The van der Waals surface area contributed by atoms with Gasteiger partial charge in [-0.2, -0.15) is 0 Å². The average molecular weight is 970 g/mol. The number of hydrogen-bond acceptors (Lipinski definition) is 9. The fraction of sp³-hybridized carbons (Fsp3) is 0.491. The zero-order valence-electron chi connectivity index (χ0n) is 42.0. The molecule has 3 fully saturated rings. The molecule has 13 heteroatoms. The van der Waals surface area contributed by atoms with Crippen molar-refractivity contribution in [1.29, 1.82) is 0 Å². The second-order valence-electron chi connectivity index (χ2n) is 21.4. The van der Waals surface area contributed by atoms with Crippen LogP contribution in [-0.2, 0) is 31.5 Å². The molecule has 0 bridgehead atoms. The van der Waals surface area contributed by atoms with E-state index in [1.54, 1.807) is 12.1 Å². The number of likely N-dealkylation sites (tertiary alicyclic amines) is 1. The number of pyridine rings is 1. The Kier molecular flexibility index (Phi) is 17.0. The highest BCUT2D eigenvalue weighted by molar-refractivity contribution is 6.74. The Morgan fingerprint density at radius 3 is 2.26 bits per heavy atom. The van der Waals surface area contributed by atoms with E-state index < -0.39 is 8.32 Å². The molecule has 2 heterocycles. The van der Waals surface area contributed by atoms with Crippen molar-refractivity contribution < 1.29 is 28.6 Å². The molecule has 3 aliphatic rings. The fourth-order valence-electron chi connectivity index (χ4n) is 10.6. The number of para-hydroxylation sites is 1. The third kappa shape index (κ3) is 13.1. The molecule has 0 unspecified atom stereocenters. The Hall–Kier alpha value is -5.31. The van der Waals surface area contributed by atoms with Crippen molar-refractivity contribution in [2.24, 2.45) is 11.8 Å². The number of hydrogen-bond donors (Lipinski definition) is 4. The van der Waals surface area contributed by atoms with Crippen molar-refractivity contribution in [3.8, 4) is 16.9 Å². The molecular formula is C57H75N5O7Si. The molecule has 4 atom stereocenters. The molecule has 0 radical (unpaired) electrons. The van der Waals surface area contributed by atoms with Gasteiger partial charge >= 0.3 is 6.09 Å². The summed E-state index contributed by atoms with van der Waals surface area (Å²) in [6.45, 7) is 16.9. The highest BCUT2D eigenvalue weighted by atomic mass is 28.4. The summed E-state index contributed by atoms with van der Waals surface area (Å²) in [7, 11) is -2.23. The summed E-state index contributed by atoms with van der Waals surface area (Å²) in [4.78, 5) is 46.3. The van der Waals surface area contributed by atoms with Gasteiger partial charge in [0, 0.05) is 62.3 Å². The smallest absolute Gasteiger partial charge is 0.411 e. The summed E-state index contributed by atoms with van der Waals surface area (Å²) in [5.41, 5.74) is 6.40. The number of ether oxygens (including phenoxy) is 2. The molecule has 70 heavy (non-hydrogen) atoms. The molecule has 4 N–H and O–H groups in total. The lowest BCUT2D eigenvalue weighted by atomic mass is 10.0. The van der Waals surface area contributed by atoms with E-state index in [-0.39, 0.29) is 46.6 Å². The third-order valence-electron chi connectivity index (χ3n) is 15.5. The first-order valence-corrected chi connectivity index (χ1v) is 28.6. The third-order valence-corrected chi connectivity index (χ3v) is 20.0. The van der Waals surface area contributed by atoms with Gasteiger partial charge in [0.25, 0.3) is 0 Å². The molecule has 374 valence electrons. The van der Waals surface area contributed by atoms with E-state index in [4.69, 9.17) is 13.9 Å². The fourth-order valence-corrected chi connectivity index (χ4v) is 11.8. The van der Waals surface area contributed by atoms with E-state index in [1.807, 2.05) is 60.7 Å².